The number of likely N-dealkylation sites (tertiary alicyclic amines) is 1. The summed E-state index contributed by atoms with van der Waals surface area (Å²) in [5, 5.41) is 14.6. The Morgan fingerprint density at radius 1 is 1.15 bits per heavy atom. The average molecular weight is 483 g/mol. The highest BCUT2D eigenvalue weighted by atomic mass is 19.4. The molecule has 4 rings (SSSR count). The number of benzene rings is 1. The lowest BCUT2D eigenvalue weighted by Crippen LogP contribution is -2.64. The molecule has 2 fully saturated rings. The maximum absolute atomic E-state index is 13.6. The summed E-state index contributed by atoms with van der Waals surface area (Å²) in [6.45, 7) is 1.75. The van der Waals surface area contributed by atoms with Crippen molar-refractivity contribution in [3.8, 4) is 0 Å². The van der Waals surface area contributed by atoms with Crippen LogP contribution >= 0.6 is 0 Å². The van der Waals surface area contributed by atoms with Gasteiger partial charge in [0.2, 0.25) is 5.91 Å². The molecule has 0 saturated carbocycles. The summed E-state index contributed by atoms with van der Waals surface area (Å²) < 4.78 is 45.4. The van der Waals surface area contributed by atoms with Gasteiger partial charge in [0.15, 0.2) is 0 Å². The third-order valence-corrected chi connectivity index (χ3v) is 5.75. The minimum absolute atomic E-state index is 0.0724. The molecule has 0 bridgehead atoms. The van der Waals surface area contributed by atoms with Crippen LogP contribution in [-0.4, -0.2) is 87.8 Å². The van der Waals surface area contributed by atoms with Crippen LogP contribution in [0.4, 0.5) is 23.2 Å². The van der Waals surface area contributed by atoms with Gasteiger partial charge in [0, 0.05) is 25.3 Å². The van der Waals surface area contributed by atoms with Gasteiger partial charge in [-0.05, 0) is 37.7 Å². The highest BCUT2D eigenvalue weighted by Crippen LogP contribution is 2.34. The van der Waals surface area contributed by atoms with E-state index in [1.807, 2.05) is 11.9 Å². The third kappa shape index (κ3) is 5.47. The lowest BCUT2D eigenvalue weighted by Gasteiger charge is -2.46. The number of piperazine rings is 1. The van der Waals surface area contributed by atoms with Crippen LogP contribution in [0.25, 0.3) is 0 Å². The molecular formula is C21H21F4N5O4. The zero-order valence-corrected chi connectivity index (χ0v) is 18.0. The Kier molecular flexibility index (Phi) is 7.15. The zero-order chi connectivity index (χ0) is 25.1. The van der Waals surface area contributed by atoms with Crippen LogP contribution in [-0.2, 0) is 9.59 Å². The van der Waals surface area contributed by atoms with Gasteiger partial charge < -0.3 is 14.9 Å². The fraction of sp³-hybridized carbons (Fsp3) is 0.381. The lowest BCUT2D eigenvalue weighted by atomic mass is 9.92. The predicted molar refractivity (Wildman–Crippen MR) is 110 cm³/mol. The number of nitrogens with zero attached hydrogens (tertiary/aromatic N) is 5. The van der Waals surface area contributed by atoms with Gasteiger partial charge in [-0.1, -0.05) is 6.07 Å². The molecule has 3 heterocycles. The third-order valence-electron chi connectivity index (χ3n) is 5.75. The molecule has 2 aromatic rings. The summed E-state index contributed by atoms with van der Waals surface area (Å²) in [5.41, 5.74) is 0.699. The molecule has 2 saturated heterocycles. The smallest absolute Gasteiger partial charge is 0.475 e. The Morgan fingerprint density at radius 3 is 2.44 bits per heavy atom. The predicted octanol–water partition coefficient (Wildman–Crippen LogP) is 1.81. The molecule has 1 aromatic heterocycles. The van der Waals surface area contributed by atoms with E-state index in [1.165, 1.54) is 24.5 Å². The average Bonchev–Trinajstić information content (AvgIpc) is 3.21. The van der Waals surface area contributed by atoms with Crippen molar-refractivity contribution in [2.75, 3.05) is 38.1 Å². The molecule has 1 unspecified atom stereocenters. The molecule has 0 radical (unpaired) electrons. The van der Waals surface area contributed by atoms with Crippen molar-refractivity contribution in [2.45, 2.75) is 18.1 Å². The van der Waals surface area contributed by atoms with Crippen molar-refractivity contribution in [1.29, 1.82) is 0 Å². The number of carbonyl (C=O) groups excluding carboxylic acids is 2. The van der Waals surface area contributed by atoms with Crippen LogP contribution in [0.3, 0.4) is 0 Å². The molecular weight excluding hydrogens is 462 g/mol. The van der Waals surface area contributed by atoms with Gasteiger partial charge in [0.05, 0.1) is 30.0 Å². The first kappa shape index (κ1) is 25.0. The number of aliphatic carboxylic acids is 1. The number of halogens is 4. The summed E-state index contributed by atoms with van der Waals surface area (Å²) in [7, 11) is 1.91. The number of hydrogen-bond donors (Lipinski definition) is 1. The van der Waals surface area contributed by atoms with Crippen LogP contribution in [0.15, 0.2) is 42.7 Å². The first-order valence-corrected chi connectivity index (χ1v) is 10.1. The van der Waals surface area contributed by atoms with Crippen molar-refractivity contribution in [3.63, 3.8) is 0 Å². The van der Waals surface area contributed by atoms with Crippen molar-refractivity contribution in [2.24, 2.45) is 0 Å². The topological polar surface area (TPSA) is 107 Å². The second-order valence-electron chi connectivity index (χ2n) is 7.95. The largest absolute Gasteiger partial charge is 0.490 e. The standard InChI is InChI=1S/C19H20FN5O2.C2HF3O2/c1-23-11-17(26)25(16-4-2-3-15(20)9-16)13-19(23)6-8-24(12-19)18(27)14-5-7-21-22-10-14;3-2(4,5)1(6)7/h2-5,7,9-10H,6,8,11-13H2,1H3;(H,6,7). The number of carboxylic acids is 1. The van der Waals surface area contributed by atoms with Gasteiger partial charge in [-0.25, -0.2) is 9.18 Å². The summed E-state index contributed by atoms with van der Waals surface area (Å²) in [5.74, 6) is -3.30. The Bertz CT molecular complexity index is 1070. The number of carboxylic acid groups (broad SMARTS) is 1. The van der Waals surface area contributed by atoms with E-state index < -0.39 is 12.1 Å². The van der Waals surface area contributed by atoms with Gasteiger partial charge in [0.1, 0.15) is 5.82 Å². The second kappa shape index (κ2) is 9.71. The Morgan fingerprint density at radius 2 is 1.85 bits per heavy atom. The zero-order valence-electron chi connectivity index (χ0n) is 18.0. The van der Waals surface area contributed by atoms with Crippen molar-refractivity contribution in [1.82, 2.24) is 20.0 Å². The van der Waals surface area contributed by atoms with E-state index in [0.717, 1.165) is 6.42 Å². The summed E-state index contributed by atoms with van der Waals surface area (Å²) in [4.78, 5) is 39.6. The number of alkyl halides is 3. The highest BCUT2D eigenvalue weighted by molar-refractivity contribution is 5.96. The molecule has 13 heteroatoms. The number of rotatable bonds is 2. The van der Waals surface area contributed by atoms with Gasteiger partial charge in [0.25, 0.3) is 5.91 Å². The number of anilines is 1. The van der Waals surface area contributed by atoms with Crippen molar-refractivity contribution in [3.05, 3.63) is 54.1 Å². The minimum Gasteiger partial charge on any atom is -0.475 e. The molecule has 1 spiro atoms. The van der Waals surface area contributed by atoms with Gasteiger partial charge in [-0.3, -0.25) is 14.5 Å². The molecule has 2 aliphatic rings. The van der Waals surface area contributed by atoms with E-state index in [1.54, 1.807) is 28.0 Å². The Balaban J connectivity index is 0.000000406. The number of carbonyl (C=O) groups is 3. The summed E-state index contributed by atoms with van der Waals surface area (Å²) in [6, 6.07) is 7.72. The van der Waals surface area contributed by atoms with E-state index in [0.29, 0.717) is 30.9 Å². The molecule has 182 valence electrons. The summed E-state index contributed by atoms with van der Waals surface area (Å²) >= 11 is 0. The number of amides is 2. The molecule has 0 aliphatic carbocycles. The Labute approximate surface area is 191 Å². The van der Waals surface area contributed by atoms with Gasteiger partial charge in [-0.2, -0.15) is 23.4 Å². The molecule has 34 heavy (non-hydrogen) atoms. The SMILES string of the molecule is CN1CC(=O)N(c2cccc(F)c2)CC12CCN(C(=O)c1ccnnc1)C2.O=C(O)C(F)(F)F. The summed E-state index contributed by atoms with van der Waals surface area (Å²) in [6.07, 6.45) is -1.39. The van der Waals surface area contributed by atoms with Gasteiger partial charge in [-0.15, -0.1) is 0 Å². The normalized spacial score (nSPS) is 20.8. The molecule has 2 amide bonds. The van der Waals surface area contributed by atoms with Crippen LogP contribution in [0.2, 0.25) is 0 Å². The molecule has 1 N–H and O–H groups in total. The second-order valence-corrected chi connectivity index (χ2v) is 7.95. The number of hydrogen-bond acceptors (Lipinski definition) is 6. The fourth-order valence-electron chi connectivity index (χ4n) is 3.91. The quantitative estimate of drug-likeness (QED) is 0.650. The van der Waals surface area contributed by atoms with Crippen LogP contribution in [0, 0.1) is 5.82 Å². The number of likely N-dealkylation sites (N-methyl/N-ethyl adjacent to an activating group) is 1. The van der Waals surface area contributed by atoms with Crippen molar-refractivity contribution >= 4 is 23.5 Å². The Hall–Kier alpha value is -3.61. The van der Waals surface area contributed by atoms with E-state index >= 15 is 0 Å². The highest BCUT2D eigenvalue weighted by Gasteiger charge is 2.48. The minimum atomic E-state index is -5.08. The fourth-order valence-corrected chi connectivity index (χ4v) is 3.91. The number of aromatic nitrogens is 2. The first-order chi connectivity index (χ1) is 15.9. The first-order valence-electron chi connectivity index (χ1n) is 10.1. The monoisotopic (exact) mass is 483 g/mol. The maximum Gasteiger partial charge on any atom is 0.490 e. The van der Waals surface area contributed by atoms with Crippen LogP contribution in [0.1, 0.15) is 16.8 Å². The van der Waals surface area contributed by atoms with E-state index in [2.05, 4.69) is 10.2 Å². The molecule has 9 nitrogen and oxygen atoms in total. The molecule has 1 aromatic carbocycles. The van der Waals surface area contributed by atoms with E-state index in [-0.39, 0.29) is 29.7 Å². The maximum atomic E-state index is 13.6. The molecule has 2 aliphatic heterocycles. The lowest BCUT2D eigenvalue weighted by molar-refractivity contribution is -0.192. The van der Waals surface area contributed by atoms with Crippen LogP contribution in [0.5, 0.6) is 0 Å². The van der Waals surface area contributed by atoms with Crippen molar-refractivity contribution < 1.29 is 37.1 Å². The van der Waals surface area contributed by atoms with E-state index in [9.17, 15) is 27.2 Å². The van der Waals surface area contributed by atoms with Crippen LogP contribution < -0.4 is 4.90 Å². The van der Waals surface area contributed by atoms with Gasteiger partial charge >= 0.3 is 12.1 Å². The van der Waals surface area contributed by atoms with E-state index in [4.69, 9.17) is 9.90 Å². The molecule has 1 atom stereocenters.